The van der Waals surface area contributed by atoms with Crippen molar-refractivity contribution in [2.45, 2.75) is 45.6 Å². The maximum Gasteiger partial charge on any atom is 0.246 e. The van der Waals surface area contributed by atoms with Gasteiger partial charge in [-0.05, 0) is 25.5 Å². The van der Waals surface area contributed by atoms with Crippen molar-refractivity contribution < 1.29 is 4.79 Å². The van der Waals surface area contributed by atoms with E-state index in [1.165, 1.54) is 19.3 Å². The fourth-order valence-corrected chi connectivity index (χ4v) is 2.44. The van der Waals surface area contributed by atoms with Crippen LogP contribution in [-0.4, -0.2) is 12.5 Å². The van der Waals surface area contributed by atoms with E-state index in [9.17, 15) is 4.79 Å². The van der Waals surface area contributed by atoms with Gasteiger partial charge in [0.1, 0.15) is 6.04 Å². The predicted molar refractivity (Wildman–Crippen MR) is 74.7 cm³/mol. The molecular weight excluding hydrogens is 224 g/mol. The number of para-hydroxylation sites is 1. The van der Waals surface area contributed by atoms with Crippen molar-refractivity contribution in [2.75, 3.05) is 11.9 Å². The van der Waals surface area contributed by atoms with Gasteiger partial charge in [0.25, 0.3) is 0 Å². The number of anilines is 1. The van der Waals surface area contributed by atoms with E-state index in [2.05, 4.69) is 17.6 Å². The van der Waals surface area contributed by atoms with Gasteiger partial charge in [0, 0.05) is 11.3 Å². The first-order chi connectivity index (χ1) is 8.74. The Morgan fingerprint density at radius 3 is 2.89 bits per heavy atom. The van der Waals surface area contributed by atoms with Gasteiger partial charge in [-0.25, -0.2) is 0 Å². The van der Waals surface area contributed by atoms with E-state index >= 15 is 0 Å². The fourth-order valence-electron chi connectivity index (χ4n) is 2.44. The highest BCUT2D eigenvalue weighted by Gasteiger charge is 2.30. The first-order valence-electron chi connectivity index (χ1n) is 6.87. The molecule has 0 saturated heterocycles. The van der Waals surface area contributed by atoms with E-state index < -0.39 is 0 Å². The van der Waals surface area contributed by atoms with Gasteiger partial charge in [0.05, 0.1) is 0 Å². The van der Waals surface area contributed by atoms with Crippen LogP contribution in [0.3, 0.4) is 0 Å². The number of carbonyl (C=O) groups is 1. The monoisotopic (exact) mass is 246 g/mol. The molecule has 0 radical (unpaired) electrons. The molecule has 1 amide bonds. The topological polar surface area (TPSA) is 41.1 Å². The molecule has 3 nitrogen and oxygen atoms in total. The van der Waals surface area contributed by atoms with Crippen LogP contribution in [0.25, 0.3) is 0 Å². The lowest BCUT2D eigenvalue weighted by Gasteiger charge is -2.11. The maximum absolute atomic E-state index is 11.9. The van der Waals surface area contributed by atoms with Crippen molar-refractivity contribution in [1.82, 2.24) is 5.32 Å². The third-order valence-corrected chi connectivity index (χ3v) is 3.51. The number of amides is 1. The summed E-state index contributed by atoms with van der Waals surface area (Å²) in [6, 6.07) is 5.91. The van der Waals surface area contributed by atoms with Crippen LogP contribution < -0.4 is 10.6 Å². The average molecular weight is 246 g/mol. The van der Waals surface area contributed by atoms with Crippen LogP contribution in [-0.2, 0) is 4.79 Å². The Balaban J connectivity index is 1.94. The minimum atomic E-state index is -0.165. The van der Waals surface area contributed by atoms with Crippen LogP contribution in [0.2, 0.25) is 0 Å². The lowest BCUT2D eigenvalue weighted by atomic mass is 10.0. The molecule has 3 heteroatoms. The molecule has 1 heterocycles. The van der Waals surface area contributed by atoms with E-state index in [0.29, 0.717) is 0 Å². The Labute approximate surface area is 109 Å². The molecule has 1 aromatic rings. The SMILES string of the molecule is CCCCCCNC1C(=O)Nc2c(C)cccc21. The van der Waals surface area contributed by atoms with Gasteiger partial charge in [-0.15, -0.1) is 0 Å². The summed E-state index contributed by atoms with van der Waals surface area (Å²) in [5.74, 6) is 0.0785. The minimum Gasteiger partial charge on any atom is -0.324 e. The average Bonchev–Trinajstić information content (AvgIpc) is 2.68. The number of unbranched alkanes of at least 4 members (excludes halogenated alkanes) is 3. The van der Waals surface area contributed by atoms with Gasteiger partial charge < -0.3 is 10.6 Å². The molecule has 1 aliphatic rings. The third kappa shape index (κ3) is 2.72. The molecule has 1 atom stereocenters. The highest BCUT2D eigenvalue weighted by molar-refractivity contribution is 6.03. The van der Waals surface area contributed by atoms with Crippen LogP contribution in [0.4, 0.5) is 5.69 Å². The summed E-state index contributed by atoms with van der Waals surface area (Å²) in [6.45, 7) is 5.14. The van der Waals surface area contributed by atoms with Crippen molar-refractivity contribution in [2.24, 2.45) is 0 Å². The molecule has 0 spiro atoms. The van der Waals surface area contributed by atoms with Crippen molar-refractivity contribution in [1.29, 1.82) is 0 Å². The molecule has 2 rings (SSSR count). The van der Waals surface area contributed by atoms with Gasteiger partial charge in [0.15, 0.2) is 0 Å². The van der Waals surface area contributed by atoms with E-state index in [1.807, 2.05) is 25.1 Å². The lowest BCUT2D eigenvalue weighted by molar-refractivity contribution is -0.117. The van der Waals surface area contributed by atoms with Gasteiger partial charge in [-0.1, -0.05) is 44.4 Å². The molecule has 2 N–H and O–H groups in total. The normalized spacial score (nSPS) is 17.7. The lowest BCUT2D eigenvalue weighted by Crippen LogP contribution is -2.28. The molecule has 1 unspecified atom stereocenters. The van der Waals surface area contributed by atoms with Crippen molar-refractivity contribution in [3.05, 3.63) is 29.3 Å². The summed E-state index contributed by atoms with van der Waals surface area (Å²) < 4.78 is 0. The summed E-state index contributed by atoms with van der Waals surface area (Å²) in [5, 5.41) is 6.33. The summed E-state index contributed by atoms with van der Waals surface area (Å²) in [5.41, 5.74) is 3.22. The first kappa shape index (κ1) is 13.1. The molecule has 18 heavy (non-hydrogen) atoms. The van der Waals surface area contributed by atoms with Crippen molar-refractivity contribution in [3.8, 4) is 0 Å². The van der Waals surface area contributed by atoms with Crippen LogP contribution >= 0.6 is 0 Å². The summed E-state index contributed by atoms with van der Waals surface area (Å²) >= 11 is 0. The third-order valence-electron chi connectivity index (χ3n) is 3.51. The molecule has 98 valence electrons. The zero-order valence-corrected chi connectivity index (χ0v) is 11.3. The number of rotatable bonds is 6. The van der Waals surface area contributed by atoms with Gasteiger partial charge in [-0.3, -0.25) is 4.79 Å². The summed E-state index contributed by atoms with van der Waals surface area (Å²) in [6.07, 6.45) is 4.89. The molecule has 0 aliphatic carbocycles. The number of fused-ring (bicyclic) bond motifs is 1. The molecule has 1 aromatic carbocycles. The van der Waals surface area contributed by atoms with Gasteiger partial charge in [-0.2, -0.15) is 0 Å². The summed E-state index contributed by atoms with van der Waals surface area (Å²) in [7, 11) is 0. The number of aryl methyl sites for hydroxylation is 1. The molecular formula is C15H22N2O. The highest BCUT2D eigenvalue weighted by Crippen LogP contribution is 2.33. The number of benzene rings is 1. The number of carbonyl (C=O) groups excluding carboxylic acids is 1. The Bertz CT molecular complexity index is 429. The molecule has 1 aliphatic heterocycles. The minimum absolute atomic E-state index is 0.0785. The highest BCUT2D eigenvalue weighted by atomic mass is 16.2. The van der Waals surface area contributed by atoms with Crippen LogP contribution in [0.5, 0.6) is 0 Å². The molecule has 0 saturated carbocycles. The first-order valence-corrected chi connectivity index (χ1v) is 6.87. The second kappa shape index (κ2) is 6.01. The molecule has 0 fully saturated rings. The number of hydrogen-bond donors (Lipinski definition) is 2. The quantitative estimate of drug-likeness (QED) is 0.757. The van der Waals surface area contributed by atoms with Gasteiger partial charge in [0.2, 0.25) is 5.91 Å². The Morgan fingerprint density at radius 1 is 1.28 bits per heavy atom. The number of hydrogen-bond acceptors (Lipinski definition) is 2. The Kier molecular flexibility index (Phi) is 4.37. The van der Waals surface area contributed by atoms with E-state index in [1.54, 1.807) is 0 Å². The smallest absolute Gasteiger partial charge is 0.246 e. The molecule has 0 aromatic heterocycles. The summed E-state index contributed by atoms with van der Waals surface area (Å²) in [4.78, 5) is 11.9. The molecule has 0 bridgehead atoms. The zero-order chi connectivity index (χ0) is 13.0. The maximum atomic E-state index is 11.9. The van der Waals surface area contributed by atoms with E-state index in [-0.39, 0.29) is 11.9 Å². The van der Waals surface area contributed by atoms with Crippen molar-refractivity contribution >= 4 is 11.6 Å². The van der Waals surface area contributed by atoms with Crippen LogP contribution in [0, 0.1) is 6.92 Å². The van der Waals surface area contributed by atoms with E-state index in [4.69, 9.17) is 0 Å². The van der Waals surface area contributed by atoms with E-state index in [0.717, 1.165) is 29.8 Å². The fraction of sp³-hybridized carbons (Fsp3) is 0.533. The van der Waals surface area contributed by atoms with Gasteiger partial charge >= 0.3 is 0 Å². The Morgan fingerprint density at radius 2 is 2.11 bits per heavy atom. The largest absolute Gasteiger partial charge is 0.324 e. The standard InChI is InChI=1S/C15H22N2O/c1-3-4-5-6-10-16-14-12-9-7-8-11(2)13(12)17-15(14)18/h7-9,14,16H,3-6,10H2,1-2H3,(H,17,18). The second-order valence-electron chi connectivity index (χ2n) is 4.98. The zero-order valence-electron chi connectivity index (χ0n) is 11.3. The van der Waals surface area contributed by atoms with Crippen LogP contribution in [0.15, 0.2) is 18.2 Å². The van der Waals surface area contributed by atoms with Crippen LogP contribution in [0.1, 0.15) is 49.8 Å². The Hall–Kier alpha value is -1.35. The second-order valence-corrected chi connectivity index (χ2v) is 4.98. The predicted octanol–water partition coefficient (Wildman–Crippen LogP) is 3.16. The number of nitrogens with one attached hydrogen (secondary N) is 2. The van der Waals surface area contributed by atoms with Crippen molar-refractivity contribution in [3.63, 3.8) is 0 Å².